The van der Waals surface area contributed by atoms with Gasteiger partial charge in [-0.3, -0.25) is 19.3 Å². The van der Waals surface area contributed by atoms with Crippen molar-refractivity contribution in [3.05, 3.63) is 130 Å². The van der Waals surface area contributed by atoms with Crippen LogP contribution in [0.25, 0.3) is 0 Å². The van der Waals surface area contributed by atoms with Gasteiger partial charge < -0.3 is 20.1 Å². The Bertz CT molecular complexity index is 1780. The van der Waals surface area contributed by atoms with E-state index in [4.69, 9.17) is 0 Å². The molecular formula is C37H38FN5O3. The Kier molecular flexibility index (Phi) is 8.41. The lowest BCUT2D eigenvalue weighted by Gasteiger charge is -2.44. The summed E-state index contributed by atoms with van der Waals surface area (Å²) in [6, 6.07) is 26.9. The van der Waals surface area contributed by atoms with Crippen molar-refractivity contribution in [3.63, 3.8) is 0 Å². The third-order valence-corrected chi connectivity index (χ3v) is 9.61. The van der Waals surface area contributed by atoms with E-state index in [2.05, 4.69) is 44.7 Å². The van der Waals surface area contributed by atoms with Crippen LogP contribution in [0.4, 0.5) is 15.8 Å². The summed E-state index contributed by atoms with van der Waals surface area (Å²) in [5, 5.41) is 6.24. The van der Waals surface area contributed by atoms with Gasteiger partial charge in [-0.05, 0) is 79.3 Å². The fourth-order valence-corrected chi connectivity index (χ4v) is 7.29. The van der Waals surface area contributed by atoms with Crippen molar-refractivity contribution >= 4 is 23.2 Å². The van der Waals surface area contributed by atoms with Crippen molar-refractivity contribution in [2.75, 3.05) is 36.4 Å². The zero-order chi connectivity index (χ0) is 31.6. The largest absolute Gasteiger partial charge is 0.369 e. The second kappa shape index (κ2) is 12.9. The standard InChI is InChI=1S/C37H38FN5O3/c38-30-12-9-27(10-13-30)36(45)40-32-20-28(37(46)39-31-15-17-41(18-16-31)21-25-5-2-1-3-6-25)11-14-34(32)42-22-26-19-29(24-42)33-7-4-8-35(44)43(33)23-26/h1-14,20,26,29,31H,15-19,21-24H2,(H,39,46)(H,40,45). The third kappa shape index (κ3) is 6.46. The van der Waals surface area contributed by atoms with Crippen molar-refractivity contribution in [3.8, 4) is 0 Å². The van der Waals surface area contributed by atoms with Crippen LogP contribution in [-0.2, 0) is 13.1 Å². The van der Waals surface area contributed by atoms with Crippen LogP contribution in [0.3, 0.4) is 0 Å². The van der Waals surface area contributed by atoms with E-state index in [-0.39, 0.29) is 35.3 Å². The van der Waals surface area contributed by atoms with Gasteiger partial charge in [-0.25, -0.2) is 4.39 Å². The smallest absolute Gasteiger partial charge is 0.255 e. The molecule has 236 valence electrons. The number of benzene rings is 3. The van der Waals surface area contributed by atoms with E-state index in [1.54, 1.807) is 12.1 Å². The first-order valence-electron chi connectivity index (χ1n) is 16.1. The second-order valence-corrected chi connectivity index (χ2v) is 12.8. The van der Waals surface area contributed by atoms with Crippen LogP contribution >= 0.6 is 0 Å². The minimum Gasteiger partial charge on any atom is -0.369 e. The van der Waals surface area contributed by atoms with Gasteiger partial charge in [0, 0.05) is 74.1 Å². The lowest BCUT2D eigenvalue weighted by atomic mass is 9.83. The van der Waals surface area contributed by atoms with Crippen LogP contribution in [-0.4, -0.2) is 53.5 Å². The Hall–Kier alpha value is -4.76. The van der Waals surface area contributed by atoms with E-state index in [9.17, 15) is 18.8 Å². The molecule has 8 nitrogen and oxygen atoms in total. The SMILES string of the molecule is O=C(Nc1cc(C(=O)NC2CCN(Cc3ccccc3)CC2)ccc1N1CC2CC(C1)c1cccc(=O)n1C2)c1ccc(F)cc1. The van der Waals surface area contributed by atoms with Gasteiger partial charge in [-0.1, -0.05) is 36.4 Å². The predicted molar refractivity (Wildman–Crippen MR) is 177 cm³/mol. The van der Waals surface area contributed by atoms with Crippen LogP contribution < -0.4 is 21.1 Å². The Morgan fingerprint density at radius 3 is 2.35 bits per heavy atom. The number of aromatic nitrogens is 1. The minimum absolute atomic E-state index is 0.0325. The first-order chi connectivity index (χ1) is 22.4. The van der Waals surface area contributed by atoms with Gasteiger partial charge in [0.25, 0.3) is 17.4 Å². The number of likely N-dealkylation sites (tertiary alicyclic amines) is 1. The number of nitrogens with zero attached hydrogens (tertiary/aromatic N) is 3. The molecule has 3 aliphatic heterocycles. The summed E-state index contributed by atoms with van der Waals surface area (Å²) in [6.07, 6.45) is 2.74. The number of piperidine rings is 2. The Morgan fingerprint density at radius 2 is 1.57 bits per heavy atom. The molecule has 2 N–H and O–H groups in total. The number of rotatable bonds is 7. The normalized spacial score (nSPS) is 19.7. The van der Waals surface area contributed by atoms with E-state index in [1.165, 1.54) is 29.8 Å². The summed E-state index contributed by atoms with van der Waals surface area (Å²) in [7, 11) is 0. The van der Waals surface area contributed by atoms with Crippen LogP contribution in [0.15, 0.2) is 95.8 Å². The first-order valence-corrected chi connectivity index (χ1v) is 16.1. The zero-order valence-electron chi connectivity index (χ0n) is 25.7. The highest BCUT2D eigenvalue weighted by Crippen LogP contribution is 2.39. The summed E-state index contributed by atoms with van der Waals surface area (Å²) in [6.45, 7) is 4.79. The number of anilines is 2. The molecule has 4 aromatic rings. The summed E-state index contributed by atoms with van der Waals surface area (Å²) in [5.74, 6) is -0.505. The number of nitrogens with one attached hydrogen (secondary N) is 2. The predicted octanol–water partition coefficient (Wildman–Crippen LogP) is 5.26. The fraction of sp³-hybridized carbons (Fsp3) is 0.324. The molecule has 2 bridgehead atoms. The van der Waals surface area contributed by atoms with Crippen molar-refractivity contribution in [1.82, 2.24) is 14.8 Å². The molecule has 3 aliphatic rings. The topological polar surface area (TPSA) is 86.7 Å². The lowest BCUT2D eigenvalue weighted by Crippen LogP contribution is -2.47. The quantitative estimate of drug-likeness (QED) is 0.295. The summed E-state index contributed by atoms with van der Waals surface area (Å²) in [5.41, 5.74) is 4.51. The minimum atomic E-state index is -0.416. The van der Waals surface area contributed by atoms with Gasteiger partial charge >= 0.3 is 0 Å². The van der Waals surface area contributed by atoms with E-state index in [1.807, 2.05) is 34.9 Å². The van der Waals surface area contributed by atoms with Gasteiger partial charge in [-0.2, -0.15) is 0 Å². The second-order valence-electron chi connectivity index (χ2n) is 12.8. The maximum atomic E-state index is 13.6. The van der Waals surface area contributed by atoms with Crippen LogP contribution in [0.5, 0.6) is 0 Å². The maximum Gasteiger partial charge on any atom is 0.255 e. The van der Waals surface area contributed by atoms with Crippen LogP contribution in [0.2, 0.25) is 0 Å². The maximum absolute atomic E-state index is 13.6. The molecule has 4 heterocycles. The highest BCUT2D eigenvalue weighted by atomic mass is 19.1. The third-order valence-electron chi connectivity index (χ3n) is 9.61. The molecule has 0 aliphatic carbocycles. The van der Waals surface area contributed by atoms with Crippen molar-refractivity contribution in [1.29, 1.82) is 0 Å². The van der Waals surface area contributed by atoms with Gasteiger partial charge in [0.05, 0.1) is 11.4 Å². The number of carbonyl (C=O) groups excluding carboxylic acids is 2. The molecule has 9 heteroatoms. The van der Waals surface area contributed by atoms with Gasteiger partial charge in [0.2, 0.25) is 0 Å². The number of carbonyl (C=O) groups is 2. The Labute approximate surface area is 267 Å². The molecule has 0 spiro atoms. The summed E-state index contributed by atoms with van der Waals surface area (Å²) >= 11 is 0. The molecule has 0 radical (unpaired) electrons. The van der Waals surface area contributed by atoms with Gasteiger partial charge in [0.15, 0.2) is 0 Å². The van der Waals surface area contributed by atoms with Gasteiger partial charge in [0.1, 0.15) is 5.82 Å². The number of hydrogen-bond donors (Lipinski definition) is 2. The van der Waals surface area contributed by atoms with Crippen molar-refractivity contribution in [2.24, 2.45) is 5.92 Å². The van der Waals surface area contributed by atoms with Crippen LogP contribution in [0, 0.1) is 11.7 Å². The van der Waals surface area contributed by atoms with E-state index in [0.717, 1.165) is 56.8 Å². The molecule has 2 unspecified atom stereocenters. The van der Waals surface area contributed by atoms with Crippen molar-refractivity contribution < 1.29 is 14.0 Å². The fourth-order valence-electron chi connectivity index (χ4n) is 7.29. The number of hydrogen-bond acceptors (Lipinski definition) is 5. The zero-order valence-corrected chi connectivity index (χ0v) is 25.7. The van der Waals surface area contributed by atoms with Crippen LogP contribution in [0.1, 0.15) is 57.2 Å². The van der Waals surface area contributed by atoms with E-state index < -0.39 is 5.82 Å². The molecule has 7 rings (SSSR count). The number of halogens is 1. The molecular weight excluding hydrogens is 581 g/mol. The Morgan fingerprint density at radius 1 is 0.804 bits per heavy atom. The number of amides is 2. The van der Waals surface area contributed by atoms with Crippen molar-refractivity contribution in [2.45, 2.75) is 44.3 Å². The summed E-state index contributed by atoms with van der Waals surface area (Å²) < 4.78 is 15.5. The molecule has 2 fully saturated rings. The van der Waals surface area contributed by atoms with Gasteiger partial charge in [-0.15, -0.1) is 0 Å². The average Bonchev–Trinajstić information content (AvgIpc) is 3.07. The molecule has 0 saturated carbocycles. The lowest BCUT2D eigenvalue weighted by molar-refractivity contribution is 0.0908. The highest BCUT2D eigenvalue weighted by Gasteiger charge is 2.35. The van der Waals surface area contributed by atoms with E-state index >= 15 is 0 Å². The average molecular weight is 620 g/mol. The molecule has 3 aromatic carbocycles. The summed E-state index contributed by atoms with van der Waals surface area (Å²) in [4.78, 5) is 44.1. The Balaban J connectivity index is 1.09. The first kappa shape index (κ1) is 29.9. The molecule has 1 aromatic heterocycles. The molecule has 46 heavy (non-hydrogen) atoms. The number of fused-ring (bicyclic) bond motifs is 4. The molecule has 2 amide bonds. The monoisotopic (exact) mass is 619 g/mol. The molecule has 2 saturated heterocycles. The number of pyridine rings is 1. The molecule has 2 atom stereocenters. The van der Waals surface area contributed by atoms with E-state index in [0.29, 0.717) is 29.9 Å². The highest BCUT2D eigenvalue weighted by molar-refractivity contribution is 6.07.